The Morgan fingerprint density at radius 1 is 1.15 bits per heavy atom. The molecule has 3 aromatic rings. The van der Waals surface area contributed by atoms with E-state index in [0.29, 0.717) is 33.0 Å². The number of carbonyl (C=O) groups is 2. The molecule has 7 nitrogen and oxygen atoms in total. The molecule has 1 aromatic heterocycles. The molecule has 0 saturated carbocycles. The molecule has 2 heterocycles. The van der Waals surface area contributed by atoms with Crippen molar-refractivity contribution in [2.24, 2.45) is 0 Å². The molecule has 2 amide bonds. The van der Waals surface area contributed by atoms with Crippen molar-refractivity contribution in [1.29, 1.82) is 0 Å². The van der Waals surface area contributed by atoms with Gasteiger partial charge in [0.25, 0.3) is 11.8 Å². The summed E-state index contributed by atoms with van der Waals surface area (Å²) in [6.07, 6.45) is 3.31. The fourth-order valence-corrected chi connectivity index (χ4v) is 4.49. The molecule has 2 aromatic carbocycles. The second-order valence-corrected chi connectivity index (χ2v) is 8.98. The summed E-state index contributed by atoms with van der Waals surface area (Å²) in [5.74, 6) is 1.13. The number of nitrogens with zero attached hydrogens (tertiary/aromatic N) is 1. The van der Waals surface area contributed by atoms with E-state index in [9.17, 15) is 9.59 Å². The summed E-state index contributed by atoms with van der Waals surface area (Å²) < 4.78 is 16.9. The zero-order valence-corrected chi connectivity index (χ0v) is 20.0. The van der Waals surface area contributed by atoms with E-state index in [1.54, 1.807) is 42.7 Å². The van der Waals surface area contributed by atoms with E-state index in [2.05, 4.69) is 5.32 Å². The first-order valence-electron chi connectivity index (χ1n) is 10.4. The van der Waals surface area contributed by atoms with E-state index < -0.39 is 0 Å². The van der Waals surface area contributed by atoms with Crippen molar-refractivity contribution in [3.05, 3.63) is 88.7 Å². The van der Waals surface area contributed by atoms with Crippen molar-refractivity contribution in [1.82, 2.24) is 10.2 Å². The third-order valence-corrected chi connectivity index (χ3v) is 6.32. The zero-order valence-electron chi connectivity index (χ0n) is 18.4. The number of thiocarbonyl (C=S) groups is 1. The Hall–Kier alpha value is -3.56. The normalized spacial score (nSPS) is 14.5. The van der Waals surface area contributed by atoms with Crippen LogP contribution >= 0.6 is 24.0 Å². The van der Waals surface area contributed by atoms with Crippen molar-refractivity contribution in [3.63, 3.8) is 0 Å². The maximum atomic E-state index is 12.8. The highest BCUT2D eigenvalue weighted by molar-refractivity contribution is 8.26. The van der Waals surface area contributed by atoms with Gasteiger partial charge < -0.3 is 19.2 Å². The van der Waals surface area contributed by atoms with Crippen LogP contribution < -0.4 is 14.8 Å². The maximum absolute atomic E-state index is 12.8. The Morgan fingerprint density at radius 2 is 1.97 bits per heavy atom. The van der Waals surface area contributed by atoms with E-state index in [-0.39, 0.29) is 25.0 Å². The lowest BCUT2D eigenvalue weighted by Gasteiger charge is -2.12. The predicted octanol–water partition coefficient (Wildman–Crippen LogP) is 4.38. The maximum Gasteiger partial charge on any atom is 0.266 e. The van der Waals surface area contributed by atoms with Crippen LogP contribution in [-0.2, 0) is 22.7 Å². The topological polar surface area (TPSA) is 81.0 Å². The number of thioether (sulfide) groups is 1. The van der Waals surface area contributed by atoms with Crippen molar-refractivity contribution in [3.8, 4) is 11.5 Å². The number of rotatable bonds is 9. The number of hydrogen-bond acceptors (Lipinski definition) is 7. The molecular formula is C25H22N2O5S2. The van der Waals surface area contributed by atoms with Crippen LogP contribution in [0.3, 0.4) is 0 Å². The summed E-state index contributed by atoms with van der Waals surface area (Å²) in [7, 11) is 1.52. The number of furan rings is 1. The standard InChI is InChI=1S/C25H22N2O5S2/c1-30-21-12-18(13-22-24(29)27(25(33)34-22)15-19-8-5-11-31-19)9-10-20(21)32-16-23(28)26-14-17-6-3-2-4-7-17/h2-13H,14-16H2,1H3,(H,26,28)/b22-13-. The molecule has 0 radical (unpaired) electrons. The van der Waals surface area contributed by atoms with E-state index >= 15 is 0 Å². The van der Waals surface area contributed by atoms with Gasteiger partial charge in [-0.25, -0.2) is 0 Å². The summed E-state index contributed by atoms with van der Waals surface area (Å²) in [5, 5.41) is 2.82. The first kappa shape index (κ1) is 23.6. The third kappa shape index (κ3) is 5.86. The smallest absolute Gasteiger partial charge is 0.266 e. The first-order chi connectivity index (χ1) is 16.5. The Bertz CT molecular complexity index is 1210. The Balaban J connectivity index is 1.38. The van der Waals surface area contributed by atoms with E-state index in [1.165, 1.54) is 23.8 Å². The van der Waals surface area contributed by atoms with Gasteiger partial charge in [-0.15, -0.1) is 0 Å². The zero-order chi connectivity index (χ0) is 23.9. The van der Waals surface area contributed by atoms with Crippen LogP contribution in [0, 0.1) is 0 Å². The van der Waals surface area contributed by atoms with E-state index in [1.807, 2.05) is 30.3 Å². The molecule has 4 rings (SSSR count). The van der Waals surface area contributed by atoms with Crippen LogP contribution in [-0.4, -0.2) is 34.8 Å². The number of amides is 2. The monoisotopic (exact) mass is 494 g/mol. The first-order valence-corrected chi connectivity index (χ1v) is 11.6. The fraction of sp³-hybridized carbons (Fsp3) is 0.160. The molecule has 0 aliphatic carbocycles. The van der Waals surface area contributed by atoms with E-state index in [4.69, 9.17) is 26.1 Å². The highest BCUT2D eigenvalue weighted by atomic mass is 32.2. The second-order valence-electron chi connectivity index (χ2n) is 7.31. The second kappa shape index (κ2) is 11.0. The summed E-state index contributed by atoms with van der Waals surface area (Å²) in [4.78, 5) is 27.0. The van der Waals surface area contributed by atoms with Gasteiger partial charge in [0.15, 0.2) is 18.1 Å². The molecule has 174 valence electrons. The van der Waals surface area contributed by atoms with Gasteiger partial charge in [0.05, 0.1) is 24.8 Å². The Labute approximate surface area is 206 Å². The van der Waals surface area contributed by atoms with Crippen molar-refractivity contribution < 1.29 is 23.5 Å². The Kier molecular flexibility index (Phi) is 7.66. The van der Waals surface area contributed by atoms with Crippen LogP contribution in [0.4, 0.5) is 0 Å². The largest absolute Gasteiger partial charge is 0.493 e. The van der Waals surface area contributed by atoms with Gasteiger partial charge in [0, 0.05) is 6.54 Å². The third-order valence-electron chi connectivity index (χ3n) is 4.94. The SMILES string of the molecule is COc1cc(/C=C2\SC(=S)N(Cc3ccco3)C2=O)ccc1OCC(=O)NCc1ccccc1. The van der Waals surface area contributed by atoms with Gasteiger partial charge in [-0.2, -0.15) is 0 Å². The number of benzene rings is 2. The average Bonchev–Trinajstić information content (AvgIpc) is 3.46. The summed E-state index contributed by atoms with van der Waals surface area (Å²) >= 11 is 6.60. The molecule has 1 saturated heterocycles. The summed E-state index contributed by atoms with van der Waals surface area (Å²) in [6, 6.07) is 18.4. The molecular weight excluding hydrogens is 472 g/mol. The molecule has 1 N–H and O–H groups in total. The van der Waals surface area contributed by atoms with Crippen molar-refractivity contribution in [2.45, 2.75) is 13.1 Å². The minimum absolute atomic E-state index is 0.145. The minimum Gasteiger partial charge on any atom is -0.493 e. The fourth-order valence-electron chi connectivity index (χ4n) is 3.23. The molecule has 0 bridgehead atoms. The number of carbonyl (C=O) groups excluding carboxylic acids is 2. The van der Waals surface area contributed by atoms with Crippen LogP contribution in [0.15, 0.2) is 76.2 Å². The van der Waals surface area contributed by atoms with Gasteiger partial charge >= 0.3 is 0 Å². The quantitative estimate of drug-likeness (QED) is 0.349. The van der Waals surface area contributed by atoms with Gasteiger partial charge in [-0.05, 0) is 41.5 Å². The predicted molar refractivity (Wildman–Crippen MR) is 134 cm³/mol. The number of hydrogen-bond donors (Lipinski definition) is 1. The highest BCUT2D eigenvalue weighted by Gasteiger charge is 2.32. The molecule has 1 aliphatic rings. The molecule has 1 fully saturated rings. The lowest BCUT2D eigenvalue weighted by Crippen LogP contribution is -2.28. The van der Waals surface area contributed by atoms with Crippen LogP contribution in [0.5, 0.6) is 11.5 Å². The van der Waals surface area contributed by atoms with Gasteiger partial charge in [-0.3, -0.25) is 14.5 Å². The van der Waals surface area contributed by atoms with Gasteiger partial charge in [0.1, 0.15) is 10.1 Å². The average molecular weight is 495 g/mol. The Morgan fingerprint density at radius 3 is 2.71 bits per heavy atom. The van der Waals surface area contributed by atoms with Gasteiger partial charge in [-0.1, -0.05) is 60.4 Å². The highest BCUT2D eigenvalue weighted by Crippen LogP contribution is 2.35. The summed E-state index contributed by atoms with van der Waals surface area (Å²) in [6.45, 7) is 0.572. The number of methoxy groups -OCH3 is 1. The number of ether oxygens (including phenoxy) is 2. The van der Waals surface area contributed by atoms with Crippen LogP contribution in [0.2, 0.25) is 0 Å². The lowest BCUT2D eigenvalue weighted by molar-refractivity contribution is -0.123. The molecule has 34 heavy (non-hydrogen) atoms. The van der Waals surface area contributed by atoms with Crippen LogP contribution in [0.25, 0.3) is 6.08 Å². The van der Waals surface area contributed by atoms with Crippen molar-refractivity contribution >= 4 is 46.2 Å². The minimum atomic E-state index is -0.241. The van der Waals surface area contributed by atoms with Crippen LogP contribution in [0.1, 0.15) is 16.9 Å². The molecule has 0 atom stereocenters. The molecule has 1 aliphatic heterocycles. The summed E-state index contributed by atoms with van der Waals surface area (Å²) in [5.41, 5.74) is 1.75. The molecule has 9 heteroatoms. The lowest BCUT2D eigenvalue weighted by atomic mass is 10.2. The molecule has 0 spiro atoms. The molecule has 0 unspecified atom stereocenters. The van der Waals surface area contributed by atoms with E-state index in [0.717, 1.165) is 11.1 Å². The van der Waals surface area contributed by atoms with Gasteiger partial charge in [0.2, 0.25) is 0 Å². The number of nitrogens with one attached hydrogen (secondary N) is 1. The van der Waals surface area contributed by atoms with Crippen molar-refractivity contribution in [2.75, 3.05) is 13.7 Å².